The first-order chi connectivity index (χ1) is 13.9. The number of nitrogens with one attached hydrogen (secondary N) is 1. The third-order valence-corrected chi connectivity index (χ3v) is 5.64. The summed E-state index contributed by atoms with van der Waals surface area (Å²) in [5.41, 5.74) is 0.481. The van der Waals surface area contributed by atoms with Gasteiger partial charge in [-0.25, -0.2) is 4.39 Å². The highest BCUT2D eigenvalue weighted by Gasteiger charge is 2.24. The van der Waals surface area contributed by atoms with Crippen molar-refractivity contribution in [2.45, 2.75) is 32.2 Å². The van der Waals surface area contributed by atoms with E-state index in [-0.39, 0.29) is 29.6 Å². The van der Waals surface area contributed by atoms with E-state index in [0.717, 1.165) is 25.8 Å². The maximum Gasteiger partial charge on any atom is 0.253 e. The lowest BCUT2D eigenvalue weighted by molar-refractivity contribution is -0.130. The number of carbonyl (C=O) groups is 3. The zero-order chi connectivity index (χ0) is 20.8. The average Bonchev–Trinajstić information content (AvgIpc) is 2.94. The van der Waals surface area contributed by atoms with E-state index in [1.54, 1.807) is 11.8 Å². The normalized spacial score (nSPS) is 19.0. The van der Waals surface area contributed by atoms with Gasteiger partial charge in [-0.05, 0) is 43.5 Å². The fourth-order valence-corrected chi connectivity index (χ4v) is 3.92. The number of halogens is 1. The van der Waals surface area contributed by atoms with Gasteiger partial charge in [-0.1, -0.05) is 0 Å². The summed E-state index contributed by atoms with van der Waals surface area (Å²) in [7, 11) is 0. The van der Waals surface area contributed by atoms with Crippen LogP contribution in [0.1, 0.15) is 36.5 Å². The molecule has 1 aromatic carbocycles. The zero-order valence-electron chi connectivity index (χ0n) is 16.9. The molecular weight excluding hydrogens is 375 g/mol. The Labute approximate surface area is 170 Å². The van der Waals surface area contributed by atoms with Crippen LogP contribution in [0.5, 0.6) is 0 Å². The van der Waals surface area contributed by atoms with Crippen molar-refractivity contribution in [1.82, 2.24) is 20.0 Å². The zero-order valence-corrected chi connectivity index (χ0v) is 16.9. The third kappa shape index (κ3) is 6.00. The smallest absolute Gasteiger partial charge is 0.253 e. The van der Waals surface area contributed by atoms with Crippen molar-refractivity contribution in [2.24, 2.45) is 0 Å². The summed E-state index contributed by atoms with van der Waals surface area (Å²) in [6.45, 7) is 5.80. The van der Waals surface area contributed by atoms with Crippen molar-refractivity contribution in [3.05, 3.63) is 35.6 Å². The lowest BCUT2D eigenvalue weighted by atomic mass is 10.1. The van der Waals surface area contributed by atoms with E-state index in [0.29, 0.717) is 44.8 Å². The highest BCUT2D eigenvalue weighted by molar-refractivity contribution is 5.94. The fourth-order valence-electron chi connectivity index (χ4n) is 3.92. The molecule has 0 bridgehead atoms. The first kappa shape index (κ1) is 21.2. The molecule has 2 heterocycles. The quantitative estimate of drug-likeness (QED) is 0.816. The van der Waals surface area contributed by atoms with E-state index in [4.69, 9.17) is 0 Å². The number of piperidine rings is 1. The first-order valence-corrected chi connectivity index (χ1v) is 10.2. The number of benzene rings is 1. The van der Waals surface area contributed by atoms with E-state index in [1.807, 2.05) is 4.90 Å². The van der Waals surface area contributed by atoms with Crippen LogP contribution >= 0.6 is 0 Å². The van der Waals surface area contributed by atoms with Crippen LogP contribution in [0, 0.1) is 5.82 Å². The molecule has 0 aliphatic carbocycles. The Hall–Kier alpha value is -2.48. The average molecular weight is 404 g/mol. The van der Waals surface area contributed by atoms with Crippen molar-refractivity contribution < 1.29 is 18.8 Å². The van der Waals surface area contributed by atoms with E-state index < -0.39 is 0 Å². The third-order valence-electron chi connectivity index (χ3n) is 5.64. The predicted molar refractivity (Wildman–Crippen MR) is 107 cm³/mol. The predicted octanol–water partition coefficient (Wildman–Crippen LogP) is 1.10. The summed E-state index contributed by atoms with van der Waals surface area (Å²) < 4.78 is 13.1. The molecule has 2 aliphatic heterocycles. The topological polar surface area (TPSA) is 73.0 Å². The molecule has 2 aliphatic rings. The number of carbonyl (C=O) groups excluding carboxylic acids is 3. The van der Waals surface area contributed by atoms with Crippen molar-refractivity contribution >= 4 is 17.7 Å². The van der Waals surface area contributed by atoms with Crippen molar-refractivity contribution in [3.63, 3.8) is 0 Å². The molecule has 29 heavy (non-hydrogen) atoms. The van der Waals surface area contributed by atoms with Gasteiger partial charge < -0.3 is 15.1 Å². The summed E-state index contributed by atoms with van der Waals surface area (Å²) >= 11 is 0. The van der Waals surface area contributed by atoms with Crippen LogP contribution in [0.4, 0.5) is 4.39 Å². The second-order valence-electron chi connectivity index (χ2n) is 7.78. The molecule has 3 amide bonds. The number of hydrogen-bond donors (Lipinski definition) is 1. The molecule has 7 nitrogen and oxygen atoms in total. The Balaban J connectivity index is 1.43. The lowest BCUT2D eigenvalue weighted by Crippen LogP contribution is -2.48. The molecule has 158 valence electrons. The van der Waals surface area contributed by atoms with Crippen LogP contribution in [0.15, 0.2) is 24.3 Å². The number of likely N-dealkylation sites (tertiary alicyclic amines) is 1. The molecule has 0 saturated carbocycles. The second kappa shape index (κ2) is 9.82. The summed E-state index contributed by atoms with van der Waals surface area (Å²) in [6, 6.07) is 5.71. The monoisotopic (exact) mass is 404 g/mol. The highest BCUT2D eigenvalue weighted by Crippen LogP contribution is 2.12. The van der Waals surface area contributed by atoms with Gasteiger partial charge in [0.2, 0.25) is 11.8 Å². The van der Waals surface area contributed by atoms with E-state index in [2.05, 4.69) is 10.2 Å². The van der Waals surface area contributed by atoms with Crippen LogP contribution in [-0.4, -0.2) is 84.3 Å². The maximum absolute atomic E-state index is 13.1. The summed E-state index contributed by atoms with van der Waals surface area (Å²) in [4.78, 5) is 42.1. The molecule has 0 spiro atoms. The van der Waals surface area contributed by atoms with Gasteiger partial charge in [0.25, 0.3) is 5.91 Å². The van der Waals surface area contributed by atoms with Gasteiger partial charge in [0.05, 0.1) is 6.54 Å². The molecule has 3 rings (SSSR count). The summed E-state index contributed by atoms with van der Waals surface area (Å²) in [5.74, 6) is -0.390. The molecule has 8 heteroatoms. The van der Waals surface area contributed by atoms with Crippen molar-refractivity contribution in [3.8, 4) is 0 Å². The fraction of sp³-hybridized carbons (Fsp3) is 0.571. The Kier molecular flexibility index (Phi) is 7.19. The Morgan fingerprint density at radius 2 is 1.66 bits per heavy atom. The molecule has 2 saturated heterocycles. The summed E-state index contributed by atoms with van der Waals surface area (Å²) in [5, 5.41) is 3.08. The molecule has 0 aromatic heterocycles. The van der Waals surface area contributed by atoms with Crippen molar-refractivity contribution in [2.75, 3.05) is 45.8 Å². The van der Waals surface area contributed by atoms with Gasteiger partial charge in [-0.15, -0.1) is 0 Å². The molecule has 0 radical (unpaired) electrons. The largest absolute Gasteiger partial charge is 0.352 e. The van der Waals surface area contributed by atoms with Crippen LogP contribution in [-0.2, 0) is 9.59 Å². The molecule has 1 aromatic rings. The molecular formula is C21H29FN4O3. The van der Waals surface area contributed by atoms with Crippen LogP contribution in [0.2, 0.25) is 0 Å². The van der Waals surface area contributed by atoms with E-state index >= 15 is 0 Å². The lowest BCUT2D eigenvalue weighted by Gasteiger charge is -2.32. The second-order valence-corrected chi connectivity index (χ2v) is 7.78. The van der Waals surface area contributed by atoms with Crippen LogP contribution in [0.3, 0.4) is 0 Å². The maximum atomic E-state index is 13.1. The Bertz CT molecular complexity index is 732. The number of hydrogen-bond acceptors (Lipinski definition) is 4. The number of nitrogens with zero attached hydrogens (tertiary/aromatic N) is 3. The first-order valence-electron chi connectivity index (χ1n) is 10.2. The standard InChI is InChI=1S/C21H29FN4O3/c1-16(27)25-11-7-19(8-12-25)23-20(28)15-24-9-2-10-26(14-13-24)21(29)17-3-5-18(22)6-4-17/h3-6,19H,2,7-15H2,1H3,(H,23,28). The van der Waals surface area contributed by atoms with Gasteiger partial charge in [-0.3, -0.25) is 19.3 Å². The SMILES string of the molecule is CC(=O)N1CCC(NC(=O)CN2CCCN(C(=O)c3ccc(F)cc3)CC2)CC1. The van der Waals surface area contributed by atoms with Gasteiger partial charge in [0.1, 0.15) is 5.82 Å². The summed E-state index contributed by atoms with van der Waals surface area (Å²) in [6.07, 6.45) is 2.35. The van der Waals surface area contributed by atoms with E-state index in [9.17, 15) is 18.8 Å². The molecule has 1 N–H and O–H groups in total. The Morgan fingerprint density at radius 1 is 0.966 bits per heavy atom. The van der Waals surface area contributed by atoms with Gasteiger partial charge >= 0.3 is 0 Å². The molecule has 2 fully saturated rings. The highest BCUT2D eigenvalue weighted by atomic mass is 19.1. The van der Waals surface area contributed by atoms with Gasteiger partial charge in [0.15, 0.2) is 0 Å². The number of amides is 3. The molecule has 0 unspecified atom stereocenters. The Morgan fingerprint density at radius 3 is 2.31 bits per heavy atom. The van der Waals surface area contributed by atoms with Crippen LogP contribution in [0.25, 0.3) is 0 Å². The minimum Gasteiger partial charge on any atom is -0.352 e. The van der Waals surface area contributed by atoms with Gasteiger partial charge in [0, 0.05) is 57.8 Å². The van der Waals surface area contributed by atoms with Gasteiger partial charge in [-0.2, -0.15) is 0 Å². The minimum atomic E-state index is -0.360. The van der Waals surface area contributed by atoms with Crippen LogP contribution < -0.4 is 5.32 Å². The minimum absolute atomic E-state index is 0.00964. The number of rotatable bonds is 4. The molecule has 0 atom stereocenters. The van der Waals surface area contributed by atoms with E-state index in [1.165, 1.54) is 24.3 Å². The van der Waals surface area contributed by atoms with Crippen molar-refractivity contribution in [1.29, 1.82) is 0 Å².